The van der Waals surface area contributed by atoms with Crippen molar-refractivity contribution in [3.63, 3.8) is 0 Å². The summed E-state index contributed by atoms with van der Waals surface area (Å²) in [5.41, 5.74) is 0.276. The Morgan fingerprint density at radius 1 is 1.22 bits per heavy atom. The summed E-state index contributed by atoms with van der Waals surface area (Å²) in [7, 11) is 1.45. The van der Waals surface area contributed by atoms with Crippen LogP contribution < -0.4 is 4.74 Å². The van der Waals surface area contributed by atoms with Crippen molar-refractivity contribution in [2.24, 2.45) is 0 Å². The highest BCUT2D eigenvalue weighted by molar-refractivity contribution is 6.68. The van der Waals surface area contributed by atoms with Gasteiger partial charge in [-0.15, -0.1) is 0 Å². The number of carbonyl (C=O) groups excluding carboxylic acids is 3. The van der Waals surface area contributed by atoms with E-state index in [4.69, 9.17) is 4.74 Å². The lowest BCUT2D eigenvalue weighted by molar-refractivity contribution is -0.143. The van der Waals surface area contributed by atoms with Crippen LogP contribution in [0, 0.1) is 0 Å². The second kappa shape index (κ2) is 4.44. The van der Waals surface area contributed by atoms with Gasteiger partial charge in [0.05, 0.1) is 13.0 Å². The van der Waals surface area contributed by atoms with Gasteiger partial charge in [-0.1, -0.05) is 12.1 Å². The number of phenolic OH excluding ortho intramolecular Hbond substituents is 1. The number of Topliss-reactive ketones (excluding diaryl/α,β-unsaturated/α-hetero) is 2. The first-order valence-electron chi connectivity index (χ1n) is 5.22. The predicted octanol–water partition coefficient (Wildman–Crippen LogP) is 0.761. The number of benzene rings is 1. The quantitative estimate of drug-likeness (QED) is 0.779. The highest BCUT2D eigenvalue weighted by atomic mass is 16.5. The van der Waals surface area contributed by atoms with Crippen LogP contribution in [0.3, 0.4) is 0 Å². The van der Waals surface area contributed by atoms with Gasteiger partial charge in [0.25, 0.3) is 5.78 Å². The Morgan fingerprint density at radius 3 is 2.56 bits per heavy atom. The molecule has 92 valence electrons. The lowest BCUT2D eigenvalue weighted by Crippen LogP contribution is -2.30. The van der Waals surface area contributed by atoms with Crippen molar-refractivity contribution in [3.8, 4) is 11.5 Å². The first-order valence-corrected chi connectivity index (χ1v) is 5.22. The molecule has 5 nitrogen and oxygen atoms in total. The van der Waals surface area contributed by atoms with Crippen molar-refractivity contribution in [3.05, 3.63) is 35.9 Å². The number of rotatable bonds is 2. The summed E-state index contributed by atoms with van der Waals surface area (Å²) in [6, 6.07) is 4.40. The third kappa shape index (κ3) is 1.90. The monoisotopic (exact) mass is 246 g/mol. The largest absolute Gasteiger partial charge is 0.507 e. The minimum atomic E-state index is -1.06. The molecule has 0 saturated heterocycles. The number of carbonyl (C=O) groups is 3. The zero-order chi connectivity index (χ0) is 13.3. The molecule has 1 N–H and O–H groups in total. The number of hydrogen-bond acceptors (Lipinski definition) is 5. The summed E-state index contributed by atoms with van der Waals surface area (Å²) >= 11 is 0. The molecular weight excluding hydrogens is 236 g/mol. The van der Waals surface area contributed by atoms with Crippen LogP contribution in [0.15, 0.2) is 30.4 Å². The average Bonchev–Trinajstić information content (AvgIpc) is 2.37. The van der Waals surface area contributed by atoms with Crippen LogP contribution in [-0.2, 0) is 14.4 Å². The molecule has 0 radical (unpaired) electrons. The van der Waals surface area contributed by atoms with E-state index in [2.05, 4.69) is 0 Å². The maximum Gasteiger partial charge on any atom is 0.269 e. The summed E-state index contributed by atoms with van der Waals surface area (Å²) in [5, 5.41) is 9.78. The van der Waals surface area contributed by atoms with Crippen LogP contribution in [0.2, 0.25) is 0 Å². The Labute approximate surface area is 103 Å². The Hall–Kier alpha value is -2.43. The van der Waals surface area contributed by atoms with Crippen molar-refractivity contribution in [2.45, 2.75) is 5.92 Å². The number of phenols is 1. The number of methoxy groups -OCH3 is 1. The molecule has 0 fully saturated rings. The lowest BCUT2D eigenvalue weighted by atomic mass is 9.86. The van der Waals surface area contributed by atoms with E-state index in [0.717, 1.165) is 6.08 Å². The summed E-state index contributed by atoms with van der Waals surface area (Å²) in [6.45, 7) is 0. The summed E-state index contributed by atoms with van der Waals surface area (Å²) in [5.74, 6) is -3.35. The van der Waals surface area contributed by atoms with Gasteiger partial charge in [0.15, 0.2) is 0 Å². The van der Waals surface area contributed by atoms with Gasteiger partial charge in [-0.3, -0.25) is 14.4 Å². The SMILES string of the molecule is COc1ccc(C2C=CC(=O)C(=O)C2=O)c(O)c1. The molecule has 1 unspecified atom stereocenters. The fourth-order valence-corrected chi connectivity index (χ4v) is 1.77. The molecule has 0 aromatic heterocycles. The maximum atomic E-state index is 11.7. The first kappa shape index (κ1) is 12.0. The van der Waals surface area contributed by atoms with Gasteiger partial charge in [0.2, 0.25) is 11.6 Å². The van der Waals surface area contributed by atoms with Gasteiger partial charge >= 0.3 is 0 Å². The van der Waals surface area contributed by atoms with Crippen molar-refractivity contribution < 1.29 is 24.2 Å². The number of aromatic hydroxyl groups is 1. The highest BCUT2D eigenvalue weighted by Gasteiger charge is 2.33. The predicted molar refractivity (Wildman–Crippen MR) is 61.6 cm³/mol. The third-order valence-electron chi connectivity index (χ3n) is 2.74. The number of hydrogen-bond donors (Lipinski definition) is 1. The van der Waals surface area contributed by atoms with E-state index in [-0.39, 0.29) is 11.3 Å². The fourth-order valence-electron chi connectivity index (χ4n) is 1.77. The van der Waals surface area contributed by atoms with Crippen molar-refractivity contribution in [1.29, 1.82) is 0 Å². The molecule has 2 rings (SSSR count). The molecule has 0 amide bonds. The smallest absolute Gasteiger partial charge is 0.269 e. The zero-order valence-corrected chi connectivity index (χ0v) is 9.54. The van der Waals surface area contributed by atoms with Crippen molar-refractivity contribution in [1.82, 2.24) is 0 Å². The second-order valence-corrected chi connectivity index (χ2v) is 3.82. The molecule has 0 spiro atoms. The van der Waals surface area contributed by atoms with Gasteiger partial charge in [-0.05, 0) is 12.1 Å². The number of ketones is 3. The second-order valence-electron chi connectivity index (χ2n) is 3.82. The molecule has 1 aromatic rings. The minimum absolute atomic E-state index is 0.153. The standard InChI is InChI=1S/C13H10O5/c1-18-7-2-3-8(11(15)6-7)9-4-5-10(14)13(17)12(9)16/h2-6,9,15H,1H3. The molecule has 5 heteroatoms. The Bertz CT molecular complexity index is 571. The van der Waals surface area contributed by atoms with Crippen LogP contribution >= 0.6 is 0 Å². The molecule has 0 aliphatic heterocycles. The topological polar surface area (TPSA) is 80.7 Å². The number of allylic oxidation sites excluding steroid dienone is 2. The van der Waals surface area contributed by atoms with Gasteiger partial charge in [0, 0.05) is 11.6 Å². The van der Waals surface area contributed by atoms with Gasteiger partial charge < -0.3 is 9.84 Å². The fraction of sp³-hybridized carbons (Fsp3) is 0.154. The Morgan fingerprint density at radius 2 is 1.94 bits per heavy atom. The van der Waals surface area contributed by atoms with Crippen molar-refractivity contribution in [2.75, 3.05) is 7.11 Å². The molecular formula is C13H10O5. The van der Waals surface area contributed by atoms with Gasteiger partial charge in [-0.25, -0.2) is 0 Å². The highest BCUT2D eigenvalue weighted by Crippen LogP contribution is 2.32. The zero-order valence-electron chi connectivity index (χ0n) is 9.54. The van der Waals surface area contributed by atoms with E-state index < -0.39 is 23.3 Å². The Balaban J connectivity index is 2.44. The maximum absolute atomic E-state index is 11.7. The van der Waals surface area contributed by atoms with Crippen LogP contribution in [-0.4, -0.2) is 29.6 Å². The van der Waals surface area contributed by atoms with E-state index >= 15 is 0 Å². The van der Waals surface area contributed by atoms with E-state index in [0.29, 0.717) is 5.75 Å². The van der Waals surface area contributed by atoms with E-state index in [1.165, 1.54) is 25.3 Å². The Kier molecular flexibility index (Phi) is 2.97. The van der Waals surface area contributed by atoms with Gasteiger partial charge in [0.1, 0.15) is 11.5 Å². The van der Waals surface area contributed by atoms with Crippen LogP contribution in [0.25, 0.3) is 0 Å². The van der Waals surface area contributed by atoms with E-state index in [1.807, 2.05) is 0 Å². The first-order chi connectivity index (χ1) is 8.54. The van der Waals surface area contributed by atoms with E-state index in [9.17, 15) is 19.5 Å². The summed E-state index contributed by atoms with van der Waals surface area (Å²) < 4.78 is 4.92. The molecule has 0 bridgehead atoms. The summed E-state index contributed by atoms with van der Waals surface area (Å²) in [6.07, 6.45) is 2.37. The lowest BCUT2D eigenvalue weighted by Gasteiger charge is -2.15. The third-order valence-corrected chi connectivity index (χ3v) is 2.74. The molecule has 18 heavy (non-hydrogen) atoms. The molecule has 1 aliphatic carbocycles. The van der Waals surface area contributed by atoms with Crippen molar-refractivity contribution >= 4 is 17.3 Å². The van der Waals surface area contributed by atoms with Crippen LogP contribution in [0.4, 0.5) is 0 Å². The molecule has 0 heterocycles. The molecule has 1 aliphatic rings. The molecule has 1 aromatic carbocycles. The average molecular weight is 246 g/mol. The van der Waals surface area contributed by atoms with Crippen LogP contribution in [0.1, 0.15) is 11.5 Å². The normalized spacial score (nSPS) is 19.2. The van der Waals surface area contributed by atoms with E-state index in [1.54, 1.807) is 6.07 Å². The molecule has 0 saturated carbocycles. The summed E-state index contributed by atoms with van der Waals surface area (Å²) in [4.78, 5) is 34.0. The minimum Gasteiger partial charge on any atom is -0.507 e. The molecule has 1 atom stereocenters. The van der Waals surface area contributed by atoms with Crippen LogP contribution in [0.5, 0.6) is 11.5 Å². The van der Waals surface area contributed by atoms with Gasteiger partial charge in [-0.2, -0.15) is 0 Å². The number of ether oxygens (including phenoxy) is 1.